The maximum absolute atomic E-state index is 10.5. The molecule has 0 spiro atoms. The zero-order chi connectivity index (χ0) is 8.55. The summed E-state index contributed by atoms with van der Waals surface area (Å²) in [6.07, 6.45) is 2.71. The molecule has 60 valence electrons. The van der Waals surface area contributed by atoms with E-state index < -0.39 is 5.97 Å². The second-order valence-electron chi connectivity index (χ2n) is 2.22. The molecule has 0 fully saturated rings. The number of carbonyl (C=O) groups excluding carboxylic acids is 1. The van der Waals surface area contributed by atoms with Gasteiger partial charge in [0.05, 0.1) is 12.2 Å². The summed E-state index contributed by atoms with van der Waals surface area (Å²) in [5.41, 5.74) is 0.460. The molecule has 0 radical (unpaired) electrons. The van der Waals surface area contributed by atoms with Crippen molar-refractivity contribution in [2.24, 2.45) is 0 Å². The molecular weight excluding hydrogens is 197 g/mol. The molecule has 0 aliphatic rings. The fourth-order valence-electron chi connectivity index (χ4n) is 0.968. The van der Waals surface area contributed by atoms with Crippen LogP contribution in [0, 0.1) is 0 Å². The van der Waals surface area contributed by atoms with E-state index in [9.17, 15) is 9.90 Å². The number of fused-ring (bicyclic) bond motifs is 1. The summed E-state index contributed by atoms with van der Waals surface area (Å²) in [5, 5.41) is 14.3. The first-order valence-electron chi connectivity index (χ1n) is 3.29. The van der Waals surface area contributed by atoms with Gasteiger partial charge in [-0.15, -0.1) is 0 Å². The van der Waals surface area contributed by atoms with Crippen LogP contribution in [-0.2, 0) is 0 Å². The first kappa shape index (κ1) is 10.8. The van der Waals surface area contributed by atoms with E-state index in [0.29, 0.717) is 5.65 Å². The normalized spacial score (nSPS) is 9.54. The molecule has 2 rings (SSSR count). The van der Waals surface area contributed by atoms with Crippen LogP contribution in [0.1, 0.15) is 10.5 Å². The zero-order valence-corrected chi connectivity index (χ0v) is 10.1. The van der Waals surface area contributed by atoms with Crippen LogP contribution in [0.4, 0.5) is 0 Å². The van der Waals surface area contributed by atoms with Crippen LogP contribution in [0.15, 0.2) is 24.5 Å². The van der Waals surface area contributed by atoms with Gasteiger partial charge in [-0.2, -0.15) is 5.10 Å². The standard InChI is InChI=1S/C7H5N3O2.K/c11-7(12)5-4-8-6-2-1-3-9-10(5)6;/h1-4H,(H,11,12);/q;+1/p-1. The minimum atomic E-state index is -1.28. The number of rotatable bonds is 1. The second-order valence-corrected chi connectivity index (χ2v) is 2.22. The minimum Gasteiger partial charge on any atom is -0.543 e. The van der Waals surface area contributed by atoms with Crippen molar-refractivity contribution in [3.8, 4) is 0 Å². The summed E-state index contributed by atoms with van der Waals surface area (Å²) < 4.78 is 1.22. The monoisotopic (exact) mass is 201 g/mol. The number of carboxylic acid groups (broad SMARTS) is 1. The summed E-state index contributed by atoms with van der Waals surface area (Å²) in [7, 11) is 0. The molecule has 13 heavy (non-hydrogen) atoms. The van der Waals surface area contributed by atoms with Gasteiger partial charge in [0.25, 0.3) is 0 Å². The minimum absolute atomic E-state index is 0. The van der Waals surface area contributed by atoms with Gasteiger partial charge in [-0.3, -0.25) is 0 Å². The number of aromatic carboxylic acids is 1. The third kappa shape index (κ3) is 1.97. The van der Waals surface area contributed by atoms with Gasteiger partial charge in [0.2, 0.25) is 0 Å². The van der Waals surface area contributed by atoms with Crippen LogP contribution < -0.4 is 56.5 Å². The van der Waals surface area contributed by atoms with Crippen LogP contribution >= 0.6 is 0 Å². The molecule has 0 unspecified atom stereocenters. The van der Waals surface area contributed by atoms with Crippen LogP contribution in [0.2, 0.25) is 0 Å². The van der Waals surface area contributed by atoms with E-state index in [2.05, 4.69) is 10.1 Å². The predicted octanol–water partition coefficient (Wildman–Crippen LogP) is -3.90. The molecule has 0 saturated carbocycles. The largest absolute Gasteiger partial charge is 1.00 e. The molecule has 0 aliphatic heterocycles. The summed E-state index contributed by atoms with van der Waals surface area (Å²) >= 11 is 0. The third-order valence-electron chi connectivity index (χ3n) is 1.49. The molecular formula is C7H4KN3O2. The van der Waals surface area contributed by atoms with E-state index in [-0.39, 0.29) is 57.1 Å². The molecule has 2 aromatic rings. The van der Waals surface area contributed by atoms with Gasteiger partial charge >= 0.3 is 51.4 Å². The van der Waals surface area contributed by atoms with E-state index in [1.807, 2.05) is 0 Å². The van der Waals surface area contributed by atoms with Gasteiger partial charge in [0.15, 0.2) is 5.65 Å². The van der Waals surface area contributed by atoms with E-state index in [1.54, 1.807) is 12.1 Å². The fourth-order valence-corrected chi connectivity index (χ4v) is 0.968. The summed E-state index contributed by atoms with van der Waals surface area (Å²) in [5.74, 6) is -1.28. The van der Waals surface area contributed by atoms with Gasteiger partial charge in [-0.25, -0.2) is 9.50 Å². The molecule has 6 heteroatoms. The topological polar surface area (TPSA) is 70.3 Å². The molecule has 2 aromatic heterocycles. The Kier molecular flexibility index (Phi) is 3.57. The Morgan fingerprint density at radius 1 is 1.54 bits per heavy atom. The summed E-state index contributed by atoms with van der Waals surface area (Å²) in [6, 6.07) is 3.35. The maximum Gasteiger partial charge on any atom is 1.00 e. The predicted molar refractivity (Wildman–Crippen MR) is 37.3 cm³/mol. The molecule has 0 atom stereocenters. The molecule has 2 heterocycles. The van der Waals surface area contributed by atoms with Gasteiger partial charge in [-0.05, 0) is 12.1 Å². The van der Waals surface area contributed by atoms with Gasteiger partial charge in [0, 0.05) is 6.20 Å². The molecule has 0 N–H and O–H groups in total. The zero-order valence-electron chi connectivity index (χ0n) is 6.97. The van der Waals surface area contributed by atoms with Crippen LogP contribution in [0.5, 0.6) is 0 Å². The summed E-state index contributed by atoms with van der Waals surface area (Å²) in [6.45, 7) is 0. The molecule has 0 aromatic carbocycles. The average molecular weight is 201 g/mol. The van der Waals surface area contributed by atoms with Crippen molar-refractivity contribution in [1.82, 2.24) is 14.6 Å². The van der Waals surface area contributed by atoms with Gasteiger partial charge < -0.3 is 9.90 Å². The van der Waals surface area contributed by atoms with Crippen molar-refractivity contribution in [3.05, 3.63) is 30.2 Å². The number of hydrogen-bond donors (Lipinski definition) is 0. The number of imidazole rings is 1. The number of aromatic nitrogens is 3. The maximum atomic E-state index is 10.5. The van der Waals surface area contributed by atoms with Crippen LogP contribution in [-0.4, -0.2) is 20.6 Å². The molecule has 5 nitrogen and oxygen atoms in total. The van der Waals surface area contributed by atoms with Crippen molar-refractivity contribution in [3.63, 3.8) is 0 Å². The van der Waals surface area contributed by atoms with Crippen molar-refractivity contribution in [2.75, 3.05) is 0 Å². The Morgan fingerprint density at radius 2 is 2.31 bits per heavy atom. The molecule has 0 bridgehead atoms. The van der Waals surface area contributed by atoms with Crippen LogP contribution in [0.3, 0.4) is 0 Å². The van der Waals surface area contributed by atoms with E-state index in [0.717, 1.165) is 0 Å². The third-order valence-corrected chi connectivity index (χ3v) is 1.49. The van der Waals surface area contributed by atoms with Crippen molar-refractivity contribution in [1.29, 1.82) is 0 Å². The molecule has 0 saturated heterocycles. The Bertz CT molecular complexity index is 440. The van der Waals surface area contributed by atoms with Crippen molar-refractivity contribution in [2.45, 2.75) is 0 Å². The van der Waals surface area contributed by atoms with E-state index in [4.69, 9.17) is 0 Å². The average Bonchev–Trinajstić information content (AvgIpc) is 2.47. The van der Waals surface area contributed by atoms with Crippen molar-refractivity contribution >= 4 is 11.6 Å². The second kappa shape index (κ2) is 4.29. The molecule has 0 aliphatic carbocycles. The quantitative estimate of drug-likeness (QED) is 0.442. The van der Waals surface area contributed by atoms with Crippen LogP contribution in [0.25, 0.3) is 5.65 Å². The number of carboxylic acids is 1. The molecule has 0 amide bonds. The number of nitrogens with zero attached hydrogens (tertiary/aromatic N) is 3. The Balaban J connectivity index is 0.000000845. The van der Waals surface area contributed by atoms with Gasteiger partial charge in [0.1, 0.15) is 5.69 Å². The summed E-state index contributed by atoms with van der Waals surface area (Å²) in [4.78, 5) is 14.3. The van der Waals surface area contributed by atoms with Crippen molar-refractivity contribution < 1.29 is 61.3 Å². The van der Waals surface area contributed by atoms with E-state index in [1.165, 1.54) is 16.9 Å². The first-order valence-corrected chi connectivity index (χ1v) is 3.29. The Morgan fingerprint density at radius 3 is 3.00 bits per heavy atom. The Labute approximate surface area is 116 Å². The van der Waals surface area contributed by atoms with Gasteiger partial charge in [-0.1, -0.05) is 0 Å². The first-order chi connectivity index (χ1) is 5.79. The fraction of sp³-hybridized carbons (Fsp3) is 0. The number of carbonyl (C=O) groups is 1. The smallest absolute Gasteiger partial charge is 0.543 e. The Hall–Kier alpha value is -0.274. The van der Waals surface area contributed by atoms with E-state index >= 15 is 0 Å². The number of hydrogen-bond acceptors (Lipinski definition) is 4. The SMILES string of the molecule is O=C([O-])c1cnc2cccnn12.[K+].